The van der Waals surface area contributed by atoms with Gasteiger partial charge in [-0.15, -0.1) is 0 Å². The molecule has 0 N–H and O–H groups in total. The van der Waals surface area contributed by atoms with Gasteiger partial charge in [0.1, 0.15) is 6.61 Å². The number of carbonyl (C=O) groups excluding carboxylic acids is 1. The van der Waals surface area contributed by atoms with Gasteiger partial charge in [-0.1, -0.05) is 36.4 Å². The summed E-state index contributed by atoms with van der Waals surface area (Å²) in [5, 5.41) is 0. The number of benzene rings is 3. The fraction of sp³-hybridized carbons (Fsp3) is 0.321. The smallest absolute Gasteiger partial charge is 0.410 e. The van der Waals surface area contributed by atoms with Crippen molar-refractivity contribution < 1.29 is 28.5 Å². The largest absolute Gasteiger partial charge is 0.493 e. The molecule has 1 atom stereocenters. The van der Waals surface area contributed by atoms with Gasteiger partial charge in [0, 0.05) is 6.54 Å². The van der Waals surface area contributed by atoms with E-state index in [1.165, 1.54) is 0 Å². The van der Waals surface area contributed by atoms with E-state index in [1.54, 1.807) is 33.3 Å². The van der Waals surface area contributed by atoms with Crippen LogP contribution in [0.1, 0.15) is 28.3 Å². The maximum atomic E-state index is 13.3. The fourth-order valence-electron chi connectivity index (χ4n) is 4.50. The maximum Gasteiger partial charge on any atom is 0.410 e. The normalized spacial score (nSPS) is 14.6. The number of hydrogen-bond donors (Lipinski definition) is 0. The van der Waals surface area contributed by atoms with Crippen LogP contribution in [-0.4, -0.2) is 46.0 Å². The SMILES string of the molecule is COc1ccc(C[C@@H]2c3cc(OC)c(OC)cc3CCN2C(=O)OCc2ccccc2)cc1OC. The van der Waals surface area contributed by atoms with Crippen LogP contribution in [-0.2, 0) is 24.2 Å². The summed E-state index contributed by atoms with van der Waals surface area (Å²) in [6.07, 6.45) is 0.918. The molecular weight excluding hydrogens is 446 g/mol. The second kappa shape index (κ2) is 11.0. The number of carbonyl (C=O) groups is 1. The van der Waals surface area contributed by atoms with Crippen molar-refractivity contribution in [2.45, 2.75) is 25.5 Å². The second-order valence-electron chi connectivity index (χ2n) is 8.30. The molecule has 7 nitrogen and oxygen atoms in total. The zero-order chi connectivity index (χ0) is 24.8. The zero-order valence-electron chi connectivity index (χ0n) is 20.6. The zero-order valence-corrected chi connectivity index (χ0v) is 20.6. The van der Waals surface area contributed by atoms with Gasteiger partial charge in [-0.05, 0) is 59.4 Å². The van der Waals surface area contributed by atoms with Gasteiger partial charge in [0.15, 0.2) is 23.0 Å². The summed E-state index contributed by atoms with van der Waals surface area (Å²) in [7, 11) is 6.46. The number of methoxy groups -OCH3 is 4. The van der Waals surface area contributed by atoms with Gasteiger partial charge in [0.2, 0.25) is 0 Å². The van der Waals surface area contributed by atoms with Crippen LogP contribution < -0.4 is 18.9 Å². The molecule has 7 heteroatoms. The molecule has 0 saturated carbocycles. The molecule has 0 fully saturated rings. The third-order valence-electron chi connectivity index (χ3n) is 6.32. The van der Waals surface area contributed by atoms with Gasteiger partial charge in [-0.3, -0.25) is 0 Å². The molecule has 3 aromatic carbocycles. The Balaban J connectivity index is 1.67. The molecule has 0 radical (unpaired) electrons. The van der Waals surface area contributed by atoms with Crippen LogP contribution in [0.25, 0.3) is 0 Å². The molecule has 1 heterocycles. The molecule has 35 heavy (non-hydrogen) atoms. The predicted octanol–water partition coefficient (Wildman–Crippen LogP) is 5.20. The molecule has 0 spiro atoms. The van der Waals surface area contributed by atoms with Crippen LogP contribution in [0.15, 0.2) is 60.7 Å². The molecule has 1 aliphatic rings. The number of nitrogens with zero attached hydrogens (tertiary/aromatic N) is 1. The van der Waals surface area contributed by atoms with Crippen molar-refractivity contribution >= 4 is 6.09 Å². The average molecular weight is 478 g/mol. The van der Waals surface area contributed by atoms with Crippen molar-refractivity contribution in [1.29, 1.82) is 0 Å². The minimum atomic E-state index is -0.347. The Morgan fingerprint density at radius 3 is 2.14 bits per heavy atom. The van der Waals surface area contributed by atoms with E-state index in [4.69, 9.17) is 23.7 Å². The Morgan fingerprint density at radius 2 is 1.46 bits per heavy atom. The first-order chi connectivity index (χ1) is 17.1. The molecular formula is C28H31NO6. The first-order valence-electron chi connectivity index (χ1n) is 11.5. The number of ether oxygens (including phenoxy) is 5. The summed E-state index contributed by atoms with van der Waals surface area (Å²) in [4.78, 5) is 15.1. The third kappa shape index (κ3) is 5.29. The van der Waals surface area contributed by atoms with Gasteiger partial charge in [-0.2, -0.15) is 0 Å². The van der Waals surface area contributed by atoms with Gasteiger partial charge in [0.25, 0.3) is 0 Å². The molecule has 0 aliphatic carbocycles. The third-order valence-corrected chi connectivity index (χ3v) is 6.32. The molecule has 3 aromatic rings. The Labute approximate surface area is 206 Å². The van der Waals surface area contributed by atoms with Crippen molar-refractivity contribution in [2.75, 3.05) is 35.0 Å². The fourth-order valence-corrected chi connectivity index (χ4v) is 4.50. The van der Waals surface area contributed by atoms with E-state index in [9.17, 15) is 4.79 Å². The maximum absolute atomic E-state index is 13.3. The molecule has 0 aromatic heterocycles. The van der Waals surface area contributed by atoms with Crippen molar-refractivity contribution in [3.8, 4) is 23.0 Å². The summed E-state index contributed by atoms with van der Waals surface area (Å²) < 4.78 is 27.7. The van der Waals surface area contributed by atoms with Gasteiger partial charge in [0.05, 0.1) is 34.5 Å². The van der Waals surface area contributed by atoms with Crippen molar-refractivity contribution in [3.05, 3.63) is 82.9 Å². The van der Waals surface area contributed by atoms with Gasteiger partial charge >= 0.3 is 6.09 Å². The quantitative estimate of drug-likeness (QED) is 0.444. The molecule has 0 unspecified atom stereocenters. The van der Waals surface area contributed by atoms with E-state index < -0.39 is 0 Å². The number of hydrogen-bond acceptors (Lipinski definition) is 6. The first kappa shape index (κ1) is 24.3. The molecule has 184 valence electrons. The molecule has 4 rings (SSSR count). The van der Waals surface area contributed by atoms with Crippen LogP contribution in [0.5, 0.6) is 23.0 Å². The van der Waals surface area contributed by atoms with E-state index >= 15 is 0 Å². The molecule has 1 amide bonds. The number of amides is 1. The number of rotatable bonds is 8. The lowest BCUT2D eigenvalue weighted by molar-refractivity contribution is 0.0768. The second-order valence-corrected chi connectivity index (χ2v) is 8.30. The minimum Gasteiger partial charge on any atom is -0.493 e. The first-order valence-corrected chi connectivity index (χ1v) is 11.5. The van der Waals surface area contributed by atoms with Crippen LogP contribution in [0.4, 0.5) is 4.79 Å². The van der Waals surface area contributed by atoms with E-state index in [1.807, 2.05) is 60.7 Å². The Hall–Kier alpha value is -3.87. The highest BCUT2D eigenvalue weighted by atomic mass is 16.6. The lowest BCUT2D eigenvalue weighted by Crippen LogP contribution is -2.41. The monoisotopic (exact) mass is 477 g/mol. The van der Waals surface area contributed by atoms with Crippen LogP contribution >= 0.6 is 0 Å². The Kier molecular flexibility index (Phi) is 7.65. The summed E-state index contributed by atoms with van der Waals surface area (Å²) in [6.45, 7) is 0.756. The van der Waals surface area contributed by atoms with E-state index in [-0.39, 0.29) is 18.7 Å². The van der Waals surface area contributed by atoms with Crippen LogP contribution in [0.3, 0.4) is 0 Å². The summed E-state index contributed by atoms with van der Waals surface area (Å²) >= 11 is 0. The van der Waals surface area contributed by atoms with Crippen molar-refractivity contribution in [2.24, 2.45) is 0 Å². The van der Waals surface area contributed by atoms with E-state index in [0.29, 0.717) is 42.4 Å². The highest BCUT2D eigenvalue weighted by molar-refractivity contribution is 5.69. The topological polar surface area (TPSA) is 66.5 Å². The predicted molar refractivity (Wildman–Crippen MR) is 133 cm³/mol. The van der Waals surface area contributed by atoms with Gasteiger partial charge in [-0.25, -0.2) is 4.79 Å². The van der Waals surface area contributed by atoms with E-state index in [0.717, 1.165) is 22.3 Å². The summed E-state index contributed by atoms with van der Waals surface area (Å²) in [5.74, 6) is 2.61. The van der Waals surface area contributed by atoms with Crippen LogP contribution in [0, 0.1) is 0 Å². The summed E-state index contributed by atoms with van der Waals surface area (Å²) in [5.41, 5.74) is 4.10. The summed E-state index contributed by atoms with van der Waals surface area (Å²) in [6, 6.07) is 19.2. The lowest BCUT2D eigenvalue weighted by atomic mass is 9.88. The molecule has 0 bridgehead atoms. The minimum absolute atomic E-state index is 0.220. The number of fused-ring (bicyclic) bond motifs is 1. The molecule has 0 saturated heterocycles. The molecule has 1 aliphatic heterocycles. The van der Waals surface area contributed by atoms with E-state index in [2.05, 4.69) is 0 Å². The average Bonchev–Trinajstić information content (AvgIpc) is 2.91. The highest BCUT2D eigenvalue weighted by Crippen LogP contribution is 2.40. The van der Waals surface area contributed by atoms with Crippen molar-refractivity contribution in [1.82, 2.24) is 4.90 Å². The lowest BCUT2D eigenvalue weighted by Gasteiger charge is -2.37. The Bertz CT molecular complexity index is 1160. The Morgan fingerprint density at radius 1 is 0.800 bits per heavy atom. The standard InChI is InChI=1S/C28H31NO6/c1-31-24-11-10-20(15-25(24)32-2)14-23-22-17-27(34-4)26(33-3)16-21(22)12-13-29(23)28(30)35-18-19-8-6-5-7-9-19/h5-11,15-17,23H,12-14,18H2,1-4H3/t23-/m1/s1. The van der Waals surface area contributed by atoms with Crippen molar-refractivity contribution in [3.63, 3.8) is 0 Å². The van der Waals surface area contributed by atoms with Crippen LogP contribution in [0.2, 0.25) is 0 Å². The van der Waals surface area contributed by atoms with Gasteiger partial charge < -0.3 is 28.6 Å². The highest BCUT2D eigenvalue weighted by Gasteiger charge is 2.33.